The van der Waals surface area contributed by atoms with E-state index in [0.717, 1.165) is 5.57 Å². The summed E-state index contributed by atoms with van der Waals surface area (Å²) in [6.45, 7) is 3.69. The lowest BCUT2D eigenvalue weighted by atomic mass is 9.66. The fourth-order valence-corrected chi connectivity index (χ4v) is 5.08. The van der Waals surface area contributed by atoms with Crippen LogP contribution in [0, 0.1) is 17.8 Å². The van der Waals surface area contributed by atoms with Gasteiger partial charge in [0.2, 0.25) is 0 Å². The van der Waals surface area contributed by atoms with Gasteiger partial charge in [0, 0.05) is 12.3 Å². The molecule has 3 rings (SSSR count). The van der Waals surface area contributed by atoms with E-state index in [4.69, 9.17) is 14.6 Å². The highest BCUT2D eigenvalue weighted by molar-refractivity contribution is 5.75. The standard InChI is InChI=1S/C27H36O8/c1-16-8-9-18-12-20(29)14-24(35-27(33)17(2)34-22-6-4-3-5-7-22)26(18)23(16)11-10-19(28)13-21(30)15-25(31)32/h3-9,12,16-17,19-21,23-24,26,28-30H,10-11,13-15H2,1-2H3,(H,31,32)/t16-,17?,19+,20+,21+,23-,24-,26-/m0/s1. The zero-order valence-corrected chi connectivity index (χ0v) is 20.2. The molecular weight excluding hydrogens is 452 g/mol. The number of aliphatic hydroxyl groups is 3. The van der Waals surface area contributed by atoms with Gasteiger partial charge < -0.3 is 29.9 Å². The van der Waals surface area contributed by atoms with Crippen molar-refractivity contribution in [3.8, 4) is 5.75 Å². The number of carboxylic acids is 1. The maximum atomic E-state index is 12.9. The summed E-state index contributed by atoms with van der Waals surface area (Å²) >= 11 is 0. The zero-order chi connectivity index (χ0) is 25.5. The molecule has 0 bridgehead atoms. The van der Waals surface area contributed by atoms with Crippen LogP contribution in [0.25, 0.3) is 0 Å². The number of carbonyl (C=O) groups is 2. The number of ether oxygens (including phenoxy) is 2. The number of carbonyl (C=O) groups excluding carboxylic acids is 1. The van der Waals surface area contributed by atoms with Crippen molar-refractivity contribution in [1.82, 2.24) is 0 Å². The summed E-state index contributed by atoms with van der Waals surface area (Å²) in [6, 6.07) is 9.01. The van der Waals surface area contributed by atoms with Crippen LogP contribution in [0.15, 0.2) is 54.1 Å². The maximum Gasteiger partial charge on any atom is 0.347 e. The molecule has 2 aliphatic carbocycles. The number of para-hydroxylation sites is 1. The molecule has 35 heavy (non-hydrogen) atoms. The van der Waals surface area contributed by atoms with Gasteiger partial charge in [-0.1, -0.05) is 43.4 Å². The number of aliphatic carboxylic acids is 1. The van der Waals surface area contributed by atoms with Gasteiger partial charge in [0.15, 0.2) is 6.10 Å². The fraction of sp³-hybridized carbons (Fsp3) is 0.556. The lowest BCUT2D eigenvalue weighted by Gasteiger charge is -2.43. The van der Waals surface area contributed by atoms with Crippen LogP contribution in [0.5, 0.6) is 5.75 Å². The largest absolute Gasteiger partial charge is 0.481 e. The van der Waals surface area contributed by atoms with Crippen molar-refractivity contribution >= 4 is 11.9 Å². The van der Waals surface area contributed by atoms with E-state index >= 15 is 0 Å². The Morgan fingerprint density at radius 1 is 1.14 bits per heavy atom. The first kappa shape index (κ1) is 26.9. The molecule has 8 nitrogen and oxygen atoms in total. The van der Waals surface area contributed by atoms with Gasteiger partial charge in [-0.15, -0.1) is 0 Å². The molecule has 8 heteroatoms. The van der Waals surface area contributed by atoms with Crippen molar-refractivity contribution < 1.29 is 39.5 Å². The van der Waals surface area contributed by atoms with E-state index in [1.165, 1.54) is 0 Å². The van der Waals surface area contributed by atoms with Gasteiger partial charge in [0.25, 0.3) is 0 Å². The van der Waals surface area contributed by atoms with Crippen LogP contribution >= 0.6 is 0 Å². The number of rotatable bonds is 11. The number of carboxylic acid groups (broad SMARTS) is 1. The first-order chi connectivity index (χ1) is 16.6. The summed E-state index contributed by atoms with van der Waals surface area (Å²) in [5.41, 5.74) is 0.904. The molecule has 0 aliphatic heterocycles. The number of aliphatic hydroxyl groups excluding tert-OH is 3. The molecular formula is C27H36O8. The van der Waals surface area contributed by atoms with Crippen molar-refractivity contribution in [3.05, 3.63) is 54.1 Å². The Labute approximate surface area is 205 Å². The van der Waals surface area contributed by atoms with Gasteiger partial charge in [-0.2, -0.15) is 0 Å². The van der Waals surface area contributed by atoms with Gasteiger partial charge >= 0.3 is 11.9 Å². The topological polar surface area (TPSA) is 134 Å². The molecule has 4 N–H and O–H groups in total. The molecule has 0 saturated carbocycles. The third-order valence-electron chi connectivity index (χ3n) is 6.82. The van der Waals surface area contributed by atoms with Crippen LogP contribution in [-0.2, 0) is 14.3 Å². The van der Waals surface area contributed by atoms with Crippen molar-refractivity contribution in [2.75, 3.05) is 0 Å². The Hall–Kier alpha value is -2.68. The second-order valence-corrected chi connectivity index (χ2v) is 9.64. The molecule has 0 saturated heterocycles. The number of hydrogen-bond acceptors (Lipinski definition) is 7. The Morgan fingerprint density at radius 3 is 2.54 bits per heavy atom. The minimum absolute atomic E-state index is 0.0118. The van der Waals surface area contributed by atoms with Crippen molar-refractivity contribution in [1.29, 1.82) is 0 Å². The van der Waals surface area contributed by atoms with E-state index in [-0.39, 0.29) is 30.6 Å². The molecule has 1 unspecified atom stereocenters. The first-order valence-electron chi connectivity index (χ1n) is 12.2. The monoisotopic (exact) mass is 488 g/mol. The lowest BCUT2D eigenvalue weighted by Crippen LogP contribution is -2.44. The highest BCUT2D eigenvalue weighted by Gasteiger charge is 2.42. The molecule has 0 heterocycles. The van der Waals surface area contributed by atoms with Crippen LogP contribution in [0.2, 0.25) is 0 Å². The smallest absolute Gasteiger partial charge is 0.347 e. The Kier molecular flexibility index (Phi) is 9.48. The normalized spacial score (nSPS) is 28.3. The zero-order valence-electron chi connectivity index (χ0n) is 20.2. The Morgan fingerprint density at radius 2 is 1.86 bits per heavy atom. The van der Waals surface area contributed by atoms with E-state index in [1.54, 1.807) is 25.1 Å². The molecule has 1 aromatic carbocycles. The number of benzene rings is 1. The molecule has 2 aliphatic rings. The van der Waals surface area contributed by atoms with E-state index in [1.807, 2.05) is 24.3 Å². The van der Waals surface area contributed by atoms with Crippen LogP contribution < -0.4 is 4.74 Å². The van der Waals surface area contributed by atoms with E-state index in [2.05, 4.69) is 13.0 Å². The van der Waals surface area contributed by atoms with E-state index in [0.29, 0.717) is 18.6 Å². The molecule has 0 amide bonds. The molecule has 0 radical (unpaired) electrons. The summed E-state index contributed by atoms with van der Waals surface area (Å²) in [5, 5.41) is 39.4. The maximum absolute atomic E-state index is 12.9. The molecule has 1 aromatic rings. The van der Waals surface area contributed by atoms with Gasteiger partial charge in [0.1, 0.15) is 11.9 Å². The van der Waals surface area contributed by atoms with Gasteiger partial charge in [-0.25, -0.2) is 4.79 Å². The van der Waals surface area contributed by atoms with Crippen molar-refractivity contribution in [3.63, 3.8) is 0 Å². The third-order valence-corrected chi connectivity index (χ3v) is 6.82. The Bertz CT molecular complexity index is 911. The van der Waals surface area contributed by atoms with E-state index in [9.17, 15) is 24.9 Å². The van der Waals surface area contributed by atoms with Gasteiger partial charge in [-0.05, 0) is 55.7 Å². The summed E-state index contributed by atoms with van der Waals surface area (Å²) in [7, 11) is 0. The molecule has 8 atom stereocenters. The highest BCUT2D eigenvalue weighted by atomic mass is 16.6. The average Bonchev–Trinajstić information content (AvgIpc) is 2.78. The van der Waals surface area contributed by atoms with Gasteiger partial charge in [0.05, 0.1) is 24.7 Å². The predicted molar refractivity (Wildman–Crippen MR) is 129 cm³/mol. The number of esters is 1. The van der Waals surface area contributed by atoms with Crippen LogP contribution in [0.4, 0.5) is 0 Å². The Balaban J connectivity index is 1.67. The van der Waals surface area contributed by atoms with Gasteiger partial charge in [-0.3, -0.25) is 4.79 Å². The third kappa shape index (κ3) is 7.65. The molecule has 0 aromatic heterocycles. The number of allylic oxidation sites excluding steroid dienone is 2. The molecule has 0 fully saturated rings. The second-order valence-electron chi connectivity index (χ2n) is 9.64. The summed E-state index contributed by atoms with van der Waals surface area (Å²) in [6.07, 6.45) is 2.57. The highest BCUT2D eigenvalue weighted by Crippen LogP contribution is 2.44. The molecule has 0 spiro atoms. The average molecular weight is 489 g/mol. The van der Waals surface area contributed by atoms with Crippen LogP contribution in [0.1, 0.15) is 46.0 Å². The summed E-state index contributed by atoms with van der Waals surface area (Å²) in [5.74, 6) is -1.03. The van der Waals surface area contributed by atoms with Crippen LogP contribution in [0.3, 0.4) is 0 Å². The quantitative estimate of drug-likeness (QED) is 0.350. The summed E-state index contributed by atoms with van der Waals surface area (Å²) in [4.78, 5) is 23.6. The lowest BCUT2D eigenvalue weighted by molar-refractivity contribution is -0.162. The SMILES string of the molecule is CC(Oc1ccccc1)C(=O)O[C@H]1C[C@H](O)C=C2C=C[C@H](C)[C@H](CC[C@@H](O)C[C@@H](O)CC(=O)O)[C@H]21. The first-order valence-corrected chi connectivity index (χ1v) is 12.2. The second kappa shape index (κ2) is 12.3. The number of fused-ring (bicyclic) bond motifs is 1. The van der Waals surface area contributed by atoms with Crippen molar-refractivity contribution in [2.24, 2.45) is 17.8 Å². The minimum atomic E-state index is -1.11. The van der Waals surface area contributed by atoms with E-state index < -0.39 is 48.9 Å². The van der Waals surface area contributed by atoms with Crippen LogP contribution in [-0.4, -0.2) is 62.9 Å². The van der Waals surface area contributed by atoms with Crippen molar-refractivity contribution in [2.45, 2.75) is 76.5 Å². The summed E-state index contributed by atoms with van der Waals surface area (Å²) < 4.78 is 11.6. The predicted octanol–water partition coefficient (Wildman–Crippen LogP) is 2.86. The number of hydrogen-bond donors (Lipinski definition) is 4. The minimum Gasteiger partial charge on any atom is -0.481 e. The fourth-order valence-electron chi connectivity index (χ4n) is 5.08. The molecule has 192 valence electrons.